The Bertz CT molecular complexity index is 1890. The van der Waals surface area contributed by atoms with Crippen LogP contribution in [0.15, 0.2) is 36.4 Å². The van der Waals surface area contributed by atoms with Crippen molar-refractivity contribution in [3.05, 3.63) is 80.9 Å². The predicted molar refractivity (Wildman–Crippen MR) is 192 cm³/mol. The zero-order chi connectivity index (χ0) is 36.0. The van der Waals surface area contributed by atoms with Gasteiger partial charge in [0.1, 0.15) is 17.5 Å². The highest BCUT2D eigenvalue weighted by Gasteiger charge is 2.56. The largest absolute Gasteiger partial charge is 0.507 e. The van der Waals surface area contributed by atoms with Crippen LogP contribution in [0.5, 0.6) is 23.0 Å². The number of unbranched alkanes of at least 4 members (excludes halogenated alkanes) is 2. The minimum absolute atomic E-state index is 0.0281. The summed E-state index contributed by atoms with van der Waals surface area (Å²) in [4.78, 5) is 31.2. The van der Waals surface area contributed by atoms with E-state index in [1.54, 1.807) is 0 Å². The zero-order valence-electron chi connectivity index (χ0n) is 30.3. The Labute approximate surface area is 300 Å². The van der Waals surface area contributed by atoms with Crippen LogP contribution in [0.2, 0.25) is 0 Å². The lowest BCUT2D eigenvalue weighted by atomic mass is 9.71. The number of carbonyl (C=O) groups is 2. The molecule has 0 aromatic heterocycles. The van der Waals surface area contributed by atoms with Crippen molar-refractivity contribution in [2.24, 2.45) is 0 Å². The van der Waals surface area contributed by atoms with E-state index in [1.807, 2.05) is 51.1 Å². The lowest BCUT2D eigenvalue weighted by molar-refractivity contribution is -0.134. The van der Waals surface area contributed by atoms with Gasteiger partial charge in [0.15, 0.2) is 11.5 Å². The Morgan fingerprint density at radius 1 is 1.02 bits per heavy atom. The number of amides is 1. The Morgan fingerprint density at radius 2 is 1.78 bits per heavy atom. The topological polar surface area (TPSA) is 124 Å². The molecule has 4 aliphatic rings. The van der Waals surface area contributed by atoms with Gasteiger partial charge in [-0.1, -0.05) is 56.2 Å². The molecule has 0 aliphatic carbocycles. The van der Waals surface area contributed by atoms with Gasteiger partial charge in [-0.25, -0.2) is 0 Å². The van der Waals surface area contributed by atoms with Crippen molar-refractivity contribution in [3.8, 4) is 29.1 Å². The first-order valence-corrected chi connectivity index (χ1v) is 18.3. The van der Waals surface area contributed by atoms with E-state index in [1.165, 1.54) is 0 Å². The van der Waals surface area contributed by atoms with Gasteiger partial charge in [-0.05, 0) is 75.8 Å². The van der Waals surface area contributed by atoms with Gasteiger partial charge in [0.2, 0.25) is 12.7 Å². The molecule has 1 unspecified atom stereocenters. The van der Waals surface area contributed by atoms with Gasteiger partial charge in [0.05, 0.1) is 18.2 Å². The number of carbonyl (C=O) groups excluding carboxylic acids is 2. The summed E-state index contributed by atoms with van der Waals surface area (Å²) >= 11 is 0. The Kier molecular flexibility index (Phi) is 9.70. The summed E-state index contributed by atoms with van der Waals surface area (Å²) in [6.45, 7) is 8.24. The lowest BCUT2D eigenvalue weighted by Gasteiger charge is -2.60. The molecule has 1 saturated heterocycles. The molecular weight excluding hydrogens is 644 g/mol. The molecule has 10 heteroatoms. The lowest BCUT2D eigenvalue weighted by Crippen LogP contribution is -2.68. The third kappa shape index (κ3) is 6.10. The fourth-order valence-corrected chi connectivity index (χ4v) is 8.90. The summed E-state index contributed by atoms with van der Waals surface area (Å²) < 4.78 is 18.3. The quantitative estimate of drug-likeness (QED) is 0.148. The maximum Gasteiger partial charge on any atom is 0.311 e. The molecule has 7 rings (SSSR count). The van der Waals surface area contributed by atoms with E-state index in [0.717, 1.165) is 58.2 Å². The molecule has 10 nitrogen and oxygen atoms in total. The number of rotatable bonds is 10. The zero-order valence-corrected chi connectivity index (χ0v) is 30.3. The maximum atomic E-state index is 13.4. The van der Waals surface area contributed by atoms with Crippen LogP contribution in [0.4, 0.5) is 0 Å². The van der Waals surface area contributed by atoms with Crippen LogP contribution in [-0.4, -0.2) is 65.3 Å². The second-order valence-corrected chi connectivity index (χ2v) is 14.6. The second kappa shape index (κ2) is 14.2. The molecule has 51 heavy (non-hydrogen) atoms. The number of phenols is 1. The van der Waals surface area contributed by atoms with E-state index in [4.69, 9.17) is 14.2 Å². The van der Waals surface area contributed by atoms with Crippen molar-refractivity contribution >= 4 is 11.9 Å². The molecule has 5 atom stereocenters. The van der Waals surface area contributed by atoms with E-state index in [2.05, 4.69) is 41.2 Å². The number of aromatic hydroxyl groups is 1. The average molecular weight is 693 g/mol. The van der Waals surface area contributed by atoms with Crippen molar-refractivity contribution in [1.29, 1.82) is 5.26 Å². The van der Waals surface area contributed by atoms with Gasteiger partial charge in [-0.15, -0.1) is 0 Å². The number of nitrogens with zero attached hydrogens (tertiary/aromatic N) is 3. The molecule has 1 fully saturated rings. The minimum atomic E-state index is -0.535. The number of benzene rings is 3. The molecule has 2 N–H and O–H groups in total. The van der Waals surface area contributed by atoms with Crippen molar-refractivity contribution in [2.45, 2.75) is 109 Å². The molecular formula is C41H48N4O6. The molecule has 0 saturated carbocycles. The highest BCUT2D eigenvalue weighted by molar-refractivity contribution is 5.76. The monoisotopic (exact) mass is 692 g/mol. The number of phenolic OH excluding ortho intramolecular Hbond substituents is 1. The summed E-state index contributed by atoms with van der Waals surface area (Å²) in [6, 6.07) is 13.0. The van der Waals surface area contributed by atoms with Crippen LogP contribution in [0.1, 0.15) is 95.6 Å². The van der Waals surface area contributed by atoms with E-state index < -0.39 is 12.1 Å². The number of hydrogen-bond acceptors (Lipinski definition) is 9. The molecule has 0 radical (unpaired) electrons. The Hall–Kier alpha value is -4.59. The highest BCUT2D eigenvalue weighted by Crippen LogP contribution is 2.57. The minimum Gasteiger partial charge on any atom is -0.507 e. The normalized spacial score (nSPS) is 23.1. The number of ether oxygens (including phenoxy) is 3. The number of piperazine rings is 1. The van der Waals surface area contributed by atoms with Crippen LogP contribution in [-0.2, 0) is 28.9 Å². The summed E-state index contributed by atoms with van der Waals surface area (Å²) in [7, 11) is 2.06. The Balaban J connectivity index is 1.31. The van der Waals surface area contributed by atoms with Crippen LogP contribution in [0.3, 0.4) is 0 Å². The average Bonchev–Trinajstić information content (AvgIpc) is 3.62. The van der Waals surface area contributed by atoms with Gasteiger partial charge in [-0.2, -0.15) is 5.26 Å². The van der Waals surface area contributed by atoms with Gasteiger partial charge in [0, 0.05) is 53.7 Å². The molecule has 3 aromatic rings. The molecule has 268 valence electrons. The van der Waals surface area contributed by atoms with Crippen LogP contribution in [0.25, 0.3) is 0 Å². The smallest absolute Gasteiger partial charge is 0.311 e. The number of nitriles is 1. The van der Waals surface area contributed by atoms with E-state index >= 15 is 0 Å². The van der Waals surface area contributed by atoms with Gasteiger partial charge >= 0.3 is 5.97 Å². The summed E-state index contributed by atoms with van der Waals surface area (Å²) in [5.41, 5.74) is 7.22. The standard InChI is InChI=1S/C41H48N4O6/c1-6-7-9-14-34(47)51-39-24(3)23(2)17-27-18-29-31(20-42)45-30(37(35(27)39)44(29)5)19-28-36(41-40(49-22-50-41)25(4)38(28)48)32(45)21-43-33(46)16-15-26-12-10-8-11-13-26/h8,10-13,17,29-32,37,48H,6-7,9,14-16,18-19,21-22H2,1-5H3,(H,43,46)/t29-,30?,31-,32-,37+/m0/s1. The number of aryl methyl sites for hydroxylation is 2. The van der Waals surface area contributed by atoms with Gasteiger partial charge in [-0.3, -0.25) is 19.4 Å². The molecule has 0 spiro atoms. The number of fused-ring (bicyclic) bond motifs is 9. The van der Waals surface area contributed by atoms with Crippen LogP contribution >= 0.6 is 0 Å². The fraction of sp³-hybridized carbons (Fsp3) is 0.488. The van der Waals surface area contributed by atoms with Gasteiger partial charge < -0.3 is 24.6 Å². The van der Waals surface area contributed by atoms with Crippen molar-refractivity contribution in [1.82, 2.24) is 15.1 Å². The number of esters is 1. The second-order valence-electron chi connectivity index (χ2n) is 14.6. The summed E-state index contributed by atoms with van der Waals surface area (Å²) in [6.07, 6.45) is 5.06. The number of nitrogens with one attached hydrogen (secondary N) is 1. The molecule has 4 aliphatic heterocycles. The summed E-state index contributed by atoms with van der Waals surface area (Å²) in [5, 5.41) is 25.9. The SMILES string of the molecule is CCCCCC(=O)Oc1c(C)c(C)cc2c1[C@H]1C3Cc4c(O)c(C)c5c(c4[C@H](CNC(=O)CCc4ccccc4)N3[C@@H](C#N)[C@H](C2)N1C)OCO5. The van der Waals surface area contributed by atoms with Crippen molar-refractivity contribution < 1.29 is 28.9 Å². The number of hydrogen-bond donors (Lipinski definition) is 2. The van der Waals surface area contributed by atoms with E-state index in [9.17, 15) is 20.0 Å². The fourth-order valence-electron chi connectivity index (χ4n) is 8.90. The van der Waals surface area contributed by atoms with Crippen LogP contribution in [0, 0.1) is 32.1 Å². The van der Waals surface area contributed by atoms with Crippen molar-refractivity contribution in [2.75, 3.05) is 20.4 Å². The molecule has 1 amide bonds. The first-order chi connectivity index (χ1) is 24.6. The molecule has 2 bridgehead atoms. The van der Waals surface area contributed by atoms with Crippen molar-refractivity contribution in [3.63, 3.8) is 0 Å². The highest BCUT2D eigenvalue weighted by atomic mass is 16.7. The molecule has 3 aromatic carbocycles. The molecule has 4 heterocycles. The van der Waals surface area contributed by atoms with Crippen LogP contribution < -0.4 is 19.5 Å². The predicted octanol–water partition coefficient (Wildman–Crippen LogP) is 6.05. The maximum absolute atomic E-state index is 13.4. The van der Waals surface area contributed by atoms with E-state index in [0.29, 0.717) is 54.9 Å². The summed E-state index contributed by atoms with van der Waals surface area (Å²) in [5.74, 6) is 1.49. The first-order valence-electron chi connectivity index (χ1n) is 18.3. The van der Waals surface area contributed by atoms with E-state index in [-0.39, 0.29) is 49.1 Å². The third-order valence-corrected chi connectivity index (χ3v) is 11.6. The number of likely N-dealkylation sites (N-methyl/N-ethyl adjacent to an activating group) is 1. The first kappa shape index (κ1) is 34.8. The van der Waals surface area contributed by atoms with Gasteiger partial charge in [0.25, 0.3) is 0 Å². The Morgan fingerprint density at radius 3 is 2.53 bits per heavy atom. The third-order valence-electron chi connectivity index (χ3n) is 11.6.